The number of ether oxygens (including phenoxy) is 1. The first-order valence-corrected chi connectivity index (χ1v) is 9.15. The zero-order chi connectivity index (χ0) is 18.2. The predicted octanol–water partition coefficient (Wildman–Crippen LogP) is 2.31. The fraction of sp³-hybridized carbons (Fsp3) is 0.450. The summed E-state index contributed by atoms with van der Waals surface area (Å²) in [7, 11) is 1.61. The molecule has 2 heterocycles. The van der Waals surface area contributed by atoms with Gasteiger partial charge in [0.2, 0.25) is 5.95 Å². The Balaban J connectivity index is 1.54. The zero-order valence-electron chi connectivity index (χ0n) is 15.2. The molecule has 3 rings (SSSR count). The molecule has 6 nitrogen and oxygen atoms in total. The largest absolute Gasteiger partial charge is 0.383 e. The lowest BCUT2D eigenvalue weighted by molar-refractivity contribution is 0.0932. The first kappa shape index (κ1) is 18.3. The Bertz CT molecular complexity index is 700. The number of carbonyl (C=O) groups excluding carboxylic acids is 1. The van der Waals surface area contributed by atoms with E-state index in [4.69, 9.17) is 4.74 Å². The molecule has 0 bridgehead atoms. The molecular formula is C20H26N4O2. The standard InChI is InChI=1S/C20H26N4O2/c1-26-14-11-21-19(25)18-7-10-22-20(23-18)24-12-8-17(9-13-24)15-16-5-3-2-4-6-16/h2-7,10,17H,8-9,11-15H2,1H3,(H,21,25). The number of rotatable bonds is 7. The second kappa shape index (κ2) is 9.29. The van der Waals surface area contributed by atoms with Crippen LogP contribution in [0.2, 0.25) is 0 Å². The van der Waals surface area contributed by atoms with E-state index in [1.807, 2.05) is 0 Å². The highest BCUT2D eigenvalue weighted by molar-refractivity contribution is 5.92. The Morgan fingerprint density at radius 3 is 2.73 bits per heavy atom. The SMILES string of the molecule is COCCNC(=O)c1ccnc(N2CCC(Cc3ccccc3)CC2)n1. The maximum Gasteiger partial charge on any atom is 0.270 e. The van der Waals surface area contributed by atoms with Gasteiger partial charge in [-0.25, -0.2) is 9.97 Å². The highest BCUT2D eigenvalue weighted by Gasteiger charge is 2.22. The summed E-state index contributed by atoms with van der Waals surface area (Å²) in [5.74, 6) is 1.14. The van der Waals surface area contributed by atoms with Gasteiger partial charge in [0, 0.05) is 32.9 Å². The number of hydrogen-bond donors (Lipinski definition) is 1. The van der Waals surface area contributed by atoms with Crippen LogP contribution >= 0.6 is 0 Å². The summed E-state index contributed by atoms with van der Waals surface area (Å²) in [6.45, 7) is 2.80. The number of carbonyl (C=O) groups is 1. The van der Waals surface area contributed by atoms with Gasteiger partial charge in [-0.3, -0.25) is 4.79 Å². The normalized spacial score (nSPS) is 15.0. The number of hydrogen-bond acceptors (Lipinski definition) is 5. The summed E-state index contributed by atoms with van der Waals surface area (Å²) in [5, 5.41) is 2.79. The van der Waals surface area contributed by atoms with E-state index in [0.29, 0.717) is 30.7 Å². The summed E-state index contributed by atoms with van der Waals surface area (Å²) in [6, 6.07) is 12.3. The number of aromatic nitrogens is 2. The van der Waals surface area contributed by atoms with Crippen molar-refractivity contribution in [2.45, 2.75) is 19.3 Å². The molecule has 1 aliphatic rings. The van der Waals surface area contributed by atoms with E-state index in [0.717, 1.165) is 32.4 Å². The minimum Gasteiger partial charge on any atom is -0.383 e. The molecule has 0 unspecified atom stereocenters. The molecule has 138 valence electrons. The van der Waals surface area contributed by atoms with Gasteiger partial charge in [-0.2, -0.15) is 0 Å². The van der Waals surface area contributed by atoms with Gasteiger partial charge in [0.05, 0.1) is 6.61 Å². The lowest BCUT2D eigenvalue weighted by Gasteiger charge is -2.32. The van der Waals surface area contributed by atoms with E-state index in [2.05, 4.69) is 50.5 Å². The second-order valence-corrected chi connectivity index (χ2v) is 6.61. The van der Waals surface area contributed by atoms with Crippen LogP contribution in [0.25, 0.3) is 0 Å². The average Bonchev–Trinajstić information content (AvgIpc) is 2.69. The predicted molar refractivity (Wildman–Crippen MR) is 101 cm³/mol. The molecule has 0 spiro atoms. The fourth-order valence-corrected chi connectivity index (χ4v) is 3.27. The summed E-state index contributed by atoms with van der Waals surface area (Å²) in [4.78, 5) is 23.1. The van der Waals surface area contributed by atoms with Crippen LogP contribution in [0.4, 0.5) is 5.95 Å². The van der Waals surface area contributed by atoms with E-state index >= 15 is 0 Å². The summed E-state index contributed by atoms with van der Waals surface area (Å²) in [5.41, 5.74) is 1.80. The van der Waals surface area contributed by atoms with Gasteiger partial charge >= 0.3 is 0 Å². The van der Waals surface area contributed by atoms with E-state index in [9.17, 15) is 4.79 Å². The Labute approximate surface area is 154 Å². The molecule has 6 heteroatoms. The molecule has 2 aromatic rings. The molecule has 1 aromatic carbocycles. The Hall–Kier alpha value is -2.47. The van der Waals surface area contributed by atoms with E-state index < -0.39 is 0 Å². The van der Waals surface area contributed by atoms with Crippen molar-refractivity contribution in [2.24, 2.45) is 5.92 Å². The van der Waals surface area contributed by atoms with Crippen LogP contribution < -0.4 is 10.2 Å². The van der Waals surface area contributed by atoms with E-state index in [1.54, 1.807) is 19.4 Å². The topological polar surface area (TPSA) is 67.3 Å². The van der Waals surface area contributed by atoms with Crippen molar-refractivity contribution < 1.29 is 9.53 Å². The minimum absolute atomic E-state index is 0.190. The lowest BCUT2D eigenvalue weighted by Crippen LogP contribution is -2.36. The molecule has 0 radical (unpaired) electrons. The van der Waals surface area contributed by atoms with Gasteiger partial charge in [-0.15, -0.1) is 0 Å². The van der Waals surface area contributed by atoms with Crippen LogP contribution in [-0.2, 0) is 11.2 Å². The van der Waals surface area contributed by atoms with Crippen LogP contribution in [-0.4, -0.2) is 49.2 Å². The number of piperidine rings is 1. The molecule has 1 aromatic heterocycles. The molecule has 1 amide bonds. The van der Waals surface area contributed by atoms with Crippen molar-refractivity contribution in [1.29, 1.82) is 0 Å². The fourth-order valence-electron chi connectivity index (χ4n) is 3.27. The molecule has 0 atom stereocenters. The van der Waals surface area contributed by atoms with Crippen molar-refractivity contribution in [3.8, 4) is 0 Å². The monoisotopic (exact) mass is 354 g/mol. The number of methoxy groups -OCH3 is 1. The third-order valence-electron chi connectivity index (χ3n) is 4.73. The molecule has 26 heavy (non-hydrogen) atoms. The Morgan fingerprint density at radius 2 is 2.00 bits per heavy atom. The number of benzene rings is 1. The van der Waals surface area contributed by atoms with Crippen molar-refractivity contribution in [3.63, 3.8) is 0 Å². The highest BCUT2D eigenvalue weighted by atomic mass is 16.5. The van der Waals surface area contributed by atoms with Crippen molar-refractivity contribution in [3.05, 3.63) is 53.9 Å². The maximum atomic E-state index is 12.1. The third-order valence-corrected chi connectivity index (χ3v) is 4.73. The van der Waals surface area contributed by atoms with Crippen LogP contribution in [0.15, 0.2) is 42.6 Å². The van der Waals surface area contributed by atoms with E-state index in [-0.39, 0.29) is 5.91 Å². The van der Waals surface area contributed by atoms with Crippen molar-refractivity contribution in [1.82, 2.24) is 15.3 Å². The van der Waals surface area contributed by atoms with Crippen LogP contribution in [0.1, 0.15) is 28.9 Å². The van der Waals surface area contributed by atoms with Gasteiger partial charge in [-0.1, -0.05) is 30.3 Å². The van der Waals surface area contributed by atoms with Gasteiger partial charge in [0.15, 0.2) is 0 Å². The van der Waals surface area contributed by atoms with Crippen LogP contribution in [0.5, 0.6) is 0 Å². The average molecular weight is 354 g/mol. The maximum absolute atomic E-state index is 12.1. The molecule has 1 saturated heterocycles. The minimum atomic E-state index is -0.190. The van der Waals surface area contributed by atoms with Gasteiger partial charge in [0.25, 0.3) is 5.91 Å². The molecule has 1 aliphatic heterocycles. The summed E-state index contributed by atoms with van der Waals surface area (Å²) < 4.78 is 4.94. The van der Waals surface area contributed by atoms with Crippen molar-refractivity contribution >= 4 is 11.9 Å². The zero-order valence-corrected chi connectivity index (χ0v) is 15.2. The number of amides is 1. The van der Waals surface area contributed by atoms with Crippen LogP contribution in [0.3, 0.4) is 0 Å². The molecular weight excluding hydrogens is 328 g/mol. The molecule has 1 fully saturated rings. The van der Waals surface area contributed by atoms with Crippen molar-refractivity contribution in [2.75, 3.05) is 38.3 Å². The molecule has 0 saturated carbocycles. The third kappa shape index (κ3) is 5.02. The van der Waals surface area contributed by atoms with Gasteiger partial charge in [0.1, 0.15) is 5.69 Å². The molecule has 1 N–H and O–H groups in total. The first-order chi connectivity index (χ1) is 12.8. The van der Waals surface area contributed by atoms with Crippen LogP contribution in [0, 0.1) is 5.92 Å². The Kier molecular flexibility index (Phi) is 6.55. The highest BCUT2D eigenvalue weighted by Crippen LogP contribution is 2.23. The number of nitrogens with zero attached hydrogens (tertiary/aromatic N) is 3. The summed E-state index contributed by atoms with van der Waals surface area (Å²) in [6.07, 6.45) is 5.01. The second-order valence-electron chi connectivity index (χ2n) is 6.61. The molecule has 0 aliphatic carbocycles. The number of anilines is 1. The lowest BCUT2D eigenvalue weighted by atomic mass is 9.90. The van der Waals surface area contributed by atoms with E-state index in [1.165, 1.54) is 5.56 Å². The first-order valence-electron chi connectivity index (χ1n) is 9.15. The smallest absolute Gasteiger partial charge is 0.270 e. The quantitative estimate of drug-likeness (QED) is 0.773. The Morgan fingerprint density at radius 1 is 1.23 bits per heavy atom. The summed E-state index contributed by atoms with van der Waals surface area (Å²) >= 11 is 0. The van der Waals surface area contributed by atoms with Gasteiger partial charge < -0.3 is 15.0 Å². The van der Waals surface area contributed by atoms with Gasteiger partial charge in [-0.05, 0) is 36.8 Å². The number of nitrogens with one attached hydrogen (secondary N) is 1.